The van der Waals surface area contributed by atoms with E-state index in [4.69, 9.17) is 23.2 Å². The van der Waals surface area contributed by atoms with Crippen molar-refractivity contribution in [2.45, 2.75) is 13.1 Å². The molecule has 25 heavy (non-hydrogen) atoms. The number of hydrogen-bond acceptors (Lipinski definition) is 2. The molecule has 3 rings (SSSR count). The number of amides is 2. The van der Waals surface area contributed by atoms with E-state index in [-0.39, 0.29) is 6.03 Å². The van der Waals surface area contributed by atoms with Crippen LogP contribution >= 0.6 is 23.2 Å². The third-order valence-electron chi connectivity index (χ3n) is 4.37. The van der Waals surface area contributed by atoms with Gasteiger partial charge in [0.05, 0.1) is 0 Å². The van der Waals surface area contributed by atoms with Gasteiger partial charge in [-0.25, -0.2) is 4.79 Å². The van der Waals surface area contributed by atoms with Crippen LogP contribution in [0.1, 0.15) is 11.1 Å². The first-order chi connectivity index (χ1) is 12.1. The summed E-state index contributed by atoms with van der Waals surface area (Å²) in [5.74, 6) is 0. The Balaban J connectivity index is 1.44. The highest BCUT2D eigenvalue weighted by Crippen LogP contribution is 2.18. The van der Waals surface area contributed by atoms with Gasteiger partial charge >= 0.3 is 6.03 Å². The Hall–Kier alpha value is -1.75. The maximum Gasteiger partial charge on any atom is 0.317 e. The maximum absolute atomic E-state index is 12.3. The average Bonchev–Trinajstić information content (AvgIpc) is 2.63. The number of carbonyl (C=O) groups is 1. The van der Waals surface area contributed by atoms with Crippen molar-refractivity contribution in [1.82, 2.24) is 15.1 Å². The molecule has 0 aliphatic carbocycles. The second-order valence-corrected chi connectivity index (χ2v) is 6.98. The highest BCUT2D eigenvalue weighted by atomic mass is 35.5. The van der Waals surface area contributed by atoms with Gasteiger partial charge < -0.3 is 10.2 Å². The zero-order chi connectivity index (χ0) is 17.6. The van der Waals surface area contributed by atoms with Crippen LogP contribution in [0.2, 0.25) is 10.0 Å². The molecule has 2 aromatic carbocycles. The summed E-state index contributed by atoms with van der Waals surface area (Å²) in [6, 6.07) is 15.4. The van der Waals surface area contributed by atoms with E-state index in [1.54, 1.807) is 0 Å². The molecule has 4 nitrogen and oxygen atoms in total. The molecule has 0 radical (unpaired) electrons. The van der Waals surface area contributed by atoms with Crippen molar-refractivity contribution >= 4 is 29.2 Å². The molecular weight excluding hydrogens is 357 g/mol. The Morgan fingerprint density at radius 2 is 1.64 bits per heavy atom. The molecule has 0 aromatic heterocycles. The van der Waals surface area contributed by atoms with Gasteiger partial charge in [0, 0.05) is 49.3 Å². The number of carbonyl (C=O) groups excluding carboxylic acids is 1. The van der Waals surface area contributed by atoms with Crippen molar-refractivity contribution in [2.75, 3.05) is 26.2 Å². The fourth-order valence-corrected chi connectivity index (χ4v) is 3.19. The normalized spacial score (nSPS) is 15.2. The van der Waals surface area contributed by atoms with Gasteiger partial charge in [-0.2, -0.15) is 0 Å². The minimum Gasteiger partial charge on any atom is -0.334 e. The van der Waals surface area contributed by atoms with Gasteiger partial charge in [0.1, 0.15) is 0 Å². The highest BCUT2D eigenvalue weighted by Gasteiger charge is 2.21. The van der Waals surface area contributed by atoms with Crippen molar-refractivity contribution in [3.63, 3.8) is 0 Å². The molecule has 0 spiro atoms. The summed E-state index contributed by atoms with van der Waals surface area (Å²) < 4.78 is 0. The average molecular weight is 378 g/mol. The molecule has 0 atom stereocenters. The Kier molecular flexibility index (Phi) is 6.19. The van der Waals surface area contributed by atoms with Gasteiger partial charge in [-0.15, -0.1) is 0 Å². The SMILES string of the molecule is O=C(NCc1ccc(Cl)cc1)N1CCN(Cc2ccccc2Cl)CC1. The minimum absolute atomic E-state index is 0.0210. The molecule has 0 saturated carbocycles. The van der Waals surface area contributed by atoms with Crippen molar-refractivity contribution in [1.29, 1.82) is 0 Å². The fraction of sp³-hybridized carbons (Fsp3) is 0.316. The lowest BCUT2D eigenvalue weighted by Gasteiger charge is -2.34. The molecule has 2 aromatic rings. The third-order valence-corrected chi connectivity index (χ3v) is 4.99. The zero-order valence-corrected chi connectivity index (χ0v) is 15.4. The van der Waals surface area contributed by atoms with Crippen LogP contribution < -0.4 is 5.32 Å². The first-order valence-corrected chi connectivity index (χ1v) is 9.10. The molecule has 132 valence electrons. The van der Waals surface area contributed by atoms with E-state index in [1.165, 1.54) is 0 Å². The molecular formula is C19H21Cl2N3O. The lowest BCUT2D eigenvalue weighted by Crippen LogP contribution is -2.51. The first-order valence-electron chi connectivity index (χ1n) is 8.35. The third kappa shape index (κ3) is 5.11. The minimum atomic E-state index is -0.0210. The number of benzene rings is 2. The smallest absolute Gasteiger partial charge is 0.317 e. The Labute approximate surface area is 158 Å². The van der Waals surface area contributed by atoms with Gasteiger partial charge in [-0.05, 0) is 29.3 Å². The van der Waals surface area contributed by atoms with E-state index in [2.05, 4.69) is 10.2 Å². The summed E-state index contributed by atoms with van der Waals surface area (Å²) >= 11 is 12.1. The quantitative estimate of drug-likeness (QED) is 0.872. The molecule has 1 heterocycles. The fourth-order valence-electron chi connectivity index (χ4n) is 2.87. The van der Waals surface area contributed by atoms with E-state index in [9.17, 15) is 4.79 Å². The highest BCUT2D eigenvalue weighted by molar-refractivity contribution is 6.31. The number of piperazine rings is 1. The maximum atomic E-state index is 12.3. The Morgan fingerprint density at radius 3 is 2.32 bits per heavy atom. The number of urea groups is 1. The number of hydrogen-bond donors (Lipinski definition) is 1. The molecule has 1 saturated heterocycles. The monoisotopic (exact) mass is 377 g/mol. The predicted molar refractivity (Wildman–Crippen MR) is 102 cm³/mol. The van der Waals surface area contributed by atoms with Crippen LogP contribution in [0.4, 0.5) is 4.79 Å². The number of nitrogens with one attached hydrogen (secondary N) is 1. The second-order valence-electron chi connectivity index (χ2n) is 6.14. The van der Waals surface area contributed by atoms with Crippen molar-refractivity contribution < 1.29 is 4.79 Å². The number of halogens is 2. The largest absolute Gasteiger partial charge is 0.334 e. The van der Waals surface area contributed by atoms with Crippen LogP contribution in [-0.2, 0) is 13.1 Å². The number of nitrogens with zero attached hydrogens (tertiary/aromatic N) is 2. The summed E-state index contributed by atoms with van der Waals surface area (Å²) in [4.78, 5) is 16.5. The topological polar surface area (TPSA) is 35.6 Å². The van der Waals surface area contributed by atoms with Gasteiger partial charge in [-0.1, -0.05) is 53.5 Å². The van der Waals surface area contributed by atoms with Crippen LogP contribution in [0.3, 0.4) is 0 Å². The van der Waals surface area contributed by atoms with Crippen molar-refractivity contribution in [3.8, 4) is 0 Å². The van der Waals surface area contributed by atoms with E-state index < -0.39 is 0 Å². The molecule has 6 heteroatoms. The molecule has 1 N–H and O–H groups in total. The summed E-state index contributed by atoms with van der Waals surface area (Å²) in [7, 11) is 0. The molecule has 1 fully saturated rings. The molecule has 0 unspecified atom stereocenters. The van der Waals surface area contributed by atoms with E-state index in [0.717, 1.165) is 48.9 Å². The van der Waals surface area contributed by atoms with Crippen molar-refractivity contribution in [3.05, 3.63) is 69.7 Å². The van der Waals surface area contributed by atoms with Crippen LogP contribution in [-0.4, -0.2) is 42.0 Å². The van der Waals surface area contributed by atoms with E-state index in [0.29, 0.717) is 11.6 Å². The molecule has 1 aliphatic heterocycles. The van der Waals surface area contributed by atoms with Crippen LogP contribution in [0, 0.1) is 0 Å². The van der Waals surface area contributed by atoms with Crippen molar-refractivity contribution in [2.24, 2.45) is 0 Å². The first kappa shape index (κ1) is 18.1. The lowest BCUT2D eigenvalue weighted by atomic mass is 10.2. The summed E-state index contributed by atoms with van der Waals surface area (Å²) in [6.45, 7) is 4.46. The zero-order valence-electron chi connectivity index (χ0n) is 13.9. The van der Waals surface area contributed by atoms with Gasteiger partial charge in [0.25, 0.3) is 0 Å². The van der Waals surface area contributed by atoms with E-state index in [1.807, 2.05) is 53.4 Å². The summed E-state index contributed by atoms with van der Waals surface area (Å²) in [5.41, 5.74) is 2.17. The van der Waals surface area contributed by atoms with Gasteiger partial charge in [0.2, 0.25) is 0 Å². The summed E-state index contributed by atoms with van der Waals surface area (Å²) in [5, 5.41) is 4.46. The molecule has 1 aliphatic rings. The standard InChI is InChI=1S/C19H21Cl2N3O/c20-17-7-5-15(6-8-17)13-22-19(25)24-11-9-23(10-12-24)14-16-3-1-2-4-18(16)21/h1-8H,9-14H2,(H,22,25). The number of rotatable bonds is 4. The van der Waals surface area contributed by atoms with Gasteiger partial charge in [-0.3, -0.25) is 4.90 Å². The van der Waals surface area contributed by atoms with Crippen LogP contribution in [0.5, 0.6) is 0 Å². The second kappa shape index (κ2) is 8.56. The predicted octanol–water partition coefficient (Wildman–Crippen LogP) is 4.02. The summed E-state index contributed by atoms with van der Waals surface area (Å²) in [6.07, 6.45) is 0. The lowest BCUT2D eigenvalue weighted by molar-refractivity contribution is 0.135. The molecule has 2 amide bonds. The molecule has 0 bridgehead atoms. The van der Waals surface area contributed by atoms with E-state index >= 15 is 0 Å². The van der Waals surface area contributed by atoms with Crippen LogP contribution in [0.25, 0.3) is 0 Å². The Morgan fingerprint density at radius 1 is 0.960 bits per heavy atom. The Bertz CT molecular complexity index is 713. The van der Waals surface area contributed by atoms with Crippen LogP contribution in [0.15, 0.2) is 48.5 Å². The van der Waals surface area contributed by atoms with Gasteiger partial charge in [0.15, 0.2) is 0 Å².